The number of nitriles is 1. The maximum absolute atomic E-state index is 14.1. The van der Waals surface area contributed by atoms with Crippen molar-refractivity contribution in [3.05, 3.63) is 96.6 Å². The summed E-state index contributed by atoms with van der Waals surface area (Å²) >= 11 is 0. The van der Waals surface area contributed by atoms with Crippen LogP contribution in [0, 0.1) is 11.3 Å². The van der Waals surface area contributed by atoms with Crippen LogP contribution in [0.25, 0.3) is 0 Å². The second-order valence-electron chi connectivity index (χ2n) is 6.82. The maximum atomic E-state index is 14.1. The molecule has 0 saturated heterocycles. The molecular weight excluding hydrogens is 351 g/mol. The summed E-state index contributed by atoms with van der Waals surface area (Å²) in [5.41, 5.74) is 0.242. The van der Waals surface area contributed by atoms with Gasteiger partial charge in [0.25, 0.3) is 0 Å². The van der Waals surface area contributed by atoms with Crippen molar-refractivity contribution < 1.29 is 4.57 Å². The standard InChI is InChI=1S/C23H23N2OP/c1-23(19-24,18-17-20-11-5-2-6-12-20)25-27(26,21-13-7-3-8-14-21)22-15-9-4-10-16-22/h2-16H,17-18H2,1H3,(H,25,26)/t23-/m0/s1. The molecule has 0 fully saturated rings. The number of aryl methyl sites for hydroxylation is 1. The third-order valence-corrected chi connectivity index (χ3v) is 7.51. The fraction of sp³-hybridized carbons (Fsp3) is 0.174. The van der Waals surface area contributed by atoms with Gasteiger partial charge in [-0.15, -0.1) is 0 Å². The zero-order valence-corrected chi connectivity index (χ0v) is 16.3. The van der Waals surface area contributed by atoms with E-state index in [1.807, 2.05) is 97.9 Å². The van der Waals surface area contributed by atoms with Gasteiger partial charge in [0.15, 0.2) is 0 Å². The number of hydrogen-bond donors (Lipinski definition) is 1. The molecule has 136 valence electrons. The quantitative estimate of drug-likeness (QED) is 0.623. The lowest BCUT2D eigenvalue weighted by Gasteiger charge is -2.30. The molecule has 0 bridgehead atoms. The second kappa shape index (κ2) is 8.35. The van der Waals surface area contributed by atoms with Gasteiger partial charge in [-0.2, -0.15) is 5.26 Å². The molecule has 3 rings (SSSR count). The zero-order chi connectivity index (χ0) is 19.2. The Bertz CT molecular complexity index is 908. The molecule has 0 aliphatic heterocycles. The van der Waals surface area contributed by atoms with Crippen molar-refractivity contribution in [2.45, 2.75) is 25.3 Å². The lowest BCUT2D eigenvalue weighted by Crippen LogP contribution is -2.44. The second-order valence-corrected chi connectivity index (χ2v) is 9.30. The molecule has 27 heavy (non-hydrogen) atoms. The smallest absolute Gasteiger partial charge is 0.205 e. The van der Waals surface area contributed by atoms with Crippen molar-refractivity contribution in [1.29, 1.82) is 5.26 Å². The first-order chi connectivity index (χ1) is 13.1. The van der Waals surface area contributed by atoms with Crippen LogP contribution in [-0.2, 0) is 11.0 Å². The van der Waals surface area contributed by atoms with Gasteiger partial charge >= 0.3 is 0 Å². The predicted molar refractivity (Wildman–Crippen MR) is 112 cm³/mol. The summed E-state index contributed by atoms with van der Waals surface area (Å²) in [7, 11) is -3.16. The van der Waals surface area contributed by atoms with Crippen molar-refractivity contribution in [3.8, 4) is 6.07 Å². The van der Waals surface area contributed by atoms with Crippen LogP contribution in [0.1, 0.15) is 18.9 Å². The van der Waals surface area contributed by atoms with Crippen LogP contribution < -0.4 is 15.7 Å². The van der Waals surface area contributed by atoms with Crippen molar-refractivity contribution in [2.75, 3.05) is 0 Å². The van der Waals surface area contributed by atoms with Crippen LogP contribution in [0.4, 0.5) is 0 Å². The van der Waals surface area contributed by atoms with Crippen LogP contribution in [-0.4, -0.2) is 5.54 Å². The Morgan fingerprint density at radius 1 is 0.852 bits per heavy atom. The summed E-state index contributed by atoms with van der Waals surface area (Å²) in [5, 5.41) is 14.6. The SMILES string of the molecule is C[C@@](C#N)(CCc1ccccc1)NP(=O)(c1ccccc1)c1ccccc1. The van der Waals surface area contributed by atoms with E-state index < -0.39 is 12.8 Å². The summed E-state index contributed by atoms with van der Waals surface area (Å²) in [5.74, 6) is 0. The summed E-state index contributed by atoms with van der Waals surface area (Å²) in [4.78, 5) is 0. The summed E-state index contributed by atoms with van der Waals surface area (Å²) in [6.45, 7) is 1.83. The molecule has 4 heteroatoms. The van der Waals surface area contributed by atoms with E-state index in [-0.39, 0.29) is 0 Å². The molecule has 0 saturated carbocycles. The predicted octanol–water partition coefficient (Wildman–Crippen LogP) is 4.42. The highest BCUT2D eigenvalue weighted by Crippen LogP contribution is 2.41. The average molecular weight is 374 g/mol. The van der Waals surface area contributed by atoms with E-state index >= 15 is 0 Å². The van der Waals surface area contributed by atoms with E-state index in [0.717, 1.165) is 12.0 Å². The number of benzene rings is 3. The monoisotopic (exact) mass is 374 g/mol. The van der Waals surface area contributed by atoms with E-state index in [9.17, 15) is 9.83 Å². The van der Waals surface area contributed by atoms with Gasteiger partial charge in [0.2, 0.25) is 7.29 Å². The molecule has 0 radical (unpaired) electrons. The Labute approximate surface area is 161 Å². The van der Waals surface area contributed by atoms with E-state index in [1.165, 1.54) is 0 Å². The Hall–Kier alpha value is -2.66. The zero-order valence-electron chi connectivity index (χ0n) is 15.4. The first-order valence-electron chi connectivity index (χ1n) is 9.02. The highest BCUT2D eigenvalue weighted by atomic mass is 31.2. The summed E-state index contributed by atoms with van der Waals surface area (Å²) in [6.07, 6.45) is 1.30. The van der Waals surface area contributed by atoms with Crippen molar-refractivity contribution >= 4 is 17.9 Å². The number of rotatable bonds is 7. The van der Waals surface area contributed by atoms with E-state index in [4.69, 9.17) is 0 Å². The molecule has 1 atom stereocenters. The Morgan fingerprint density at radius 2 is 1.30 bits per heavy atom. The van der Waals surface area contributed by atoms with Gasteiger partial charge in [-0.3, -0.25) is 4.57 Å². The van der Waals surface area contributed by atoms with Gasteiger partial charge in [0, 0.05) is 10.6 Å². The molecule has 3 aromatic carbocycles. The lowest BCUT2D eigenvalue weighted by atomic mass is 9.96. The number of nitrogens with one attached hydrogen (secondary N) is 1. The van der Waals surface area contributed by atoms with Crippen molar-refractivity contribution in [2.24, 2.45) is 0 Å². The van der Waals surface area contributed by atoms with E-state index in [2.05, 4.69) is 11.2 Å². The van der Waals surface area contributed by atoms with Crippen LogP contribution in [0.5, 0.6) is 0 Å². The third kappa shape index (κ3) is 4.55. The molecule has 0 aliphatic carbocycles. The average Bonchev–Trinajstić information content (AvgIpc) is 2.74. The molecule has 0 heterocycles. The highest BCUT2D eigenvalue weighted by molar-refractivity contribution is 7.77. The number of hydrogen-bond acceptors (Lipinski definition) is 2. The molecule has 0 spiro atoms. The van der Waals surface area contributed by atoms with Gasteiger partial charge in [-0.1, -0.05) is 66.7 Å². The molecule has 3 nitrogen and oxygen atoms in total. The van der Waals surface area contributed by atoms with Gasteiger partial charge in [0.05, 0.1) is 6.07 Å². The summed E-state index contributed by atoms with van der Waals surface area (Å²) < 4.78 is 14.1. The molecule has 0 amide bonds. The van der Waals surface area contributed by atoms with Gasteiger partial charge < -0.3 is 0 Å². The van der Waals surface area contributed by atoms with Crippen molar-refractivity contribution in [1.82, 2.24) is 5.09 Å². The molecule has 3 aromatic rings. The normalized spacial score (nSPS) is 13.5. The first-order valence-corrected chi connectivity index (χ1v) is 10.7. The minimum atomic E-state index is -3.16. The fourth-order valence-corrected chi connectivity index (χ4v) is 5.67. The molecular formula is C23H23N2OP. The number of nitrogens with zero attached hydrogens (tertiary/aromatic N) is 1. The molecule has 0 aliphatic rings. The van der Waals surface area contributed by atoms with Gasteiger partial charge in [-0.05, 0) is 49.6 Å². The first kappa shape index (κ1) is 19.1. The topological polar surface area (TPSA) is 52.9 Å². The van der Waals surface area contributed by atoms with E-state index in [0.29, 0.717) is 17.0 Å². The fourth-order valence-electron chi connectivity index (χ4n) is 3.08. The Kier molecular flexibility index (Phi) is 5.91. The molecule has 1 N–H and O–H groups in total. The van der Waals surface area contributed by atoms with Crippen LogP contribution in [0.15, 0.2) is 91.0 Å². The largest absolute Gasteiger partial charge is 0.296 e. The Morgan fingerprint density at radius 3 is 1.74 bits per heavy atom. The Balaban J connectivity index is 1.93. The van der Waals surface area contributed by atoms with Crippen LogP contribution in [0.2, 0.25) is 0 Å². The third-order valence-electron chi connectivity index (χ3n) is 4.65. The molecule has 0 aromatic heterocycles. The van der Waals surface area contributed by atoms with Crippen LogP contribution >= 0.6 is 7.29 Å². The summed E-state index contributed by atoms with van der Waals surface area (Å²) in [6, 6.07) is 31.1. The van der Waals surface area contributed by atoms with Crippen LogP contribution in [0.3, 0.4) is 0 Å². The maximum Gasteiger partial charge on any atom is 0.205 e. The minimum Gasteiger partial charge on any atom is -0.296 e. The van der Waals surface area contributed by atoms with Gasteiger partial charge in [-0.25, -0.2) is 5.09 Å². The minimum absolute atomic E-state index is 0.567. The van der Waals surface area contributed by atoms with E-state index in [1.54, 1.807) is 0 Å². The van der Waals surface area contributed by atoms with Crippen molar-refractivity contribution in [3.63, 3.8) is 0 Å². The highest BCUT2D eigenvalue weighted by Gasteiger charge is 2.36. The lowest BCUT2D eigenvalue weighted by molar-refractivity contribution is 0.484. The van der Waals surface area contributed by atoms with Gasteiger partial charge in [0.1, 0.15) is 5.54 Å². The molecule has 0 unspecified atom stereocenters.